The summed E-state index contributed by atoms with van der Waals surface area (Å²) in [6, 6.07) is 12.3. The van der Waals surface area contributed by atoms with Gasteiger partial charge in [-0.1, -0.05) is 18.2 Å². The van der Waals surface area contributed by atoms with Crippen LogP contribution in [-0.4, -0.2) is 25.4 Å². The van der Waals surface area contributed by atoms with Gasteiger partial charge in [-0.3, -0.25) is 0 Å². The third kappa shape index (κ3) is 4.94. The standard InChI is InChI=1S/C18H22FNO3/c1-13(15-4-6-16(19)7-5-15)20-12-14-3-8-17(23-10-9-21)18(11-14)22-2/h3-8,11,13,20-21H,9-10,12H2,1-2H3. The van der Waals surface area contributed by atoms with E-state index in [9.17, 15) is 4.39 Å². The molecule has 0 saturated heterocycles. The van der Waals surface area contributed by atoms with E-state index in [1.807, 2.05) is 25.1 Å². The smallest absolute Gasteiger partial charge is 0.161 e. The van der Waals surface area contributed by atoms with Gasteiger partial charge in [-0.25, -0.2) is 4.39 Å². The van der Waals surface area contributed by atoms with Crippen LogP contribution in [0.2, 0.25) is 0 Å². The summed E-state index contributed by atoms with van der Waals surface area (Å²) < 4.78 is 23.7. The van der Waals surface area contributed by atoms with E-state index in [-0.39, 0.29) is 25.1 Å². The SMILES string of the molecule is COc1cc(CNC(C)c2ccc(F)cc2)ccc1OCCO. The van der Waals surface area contributed by atoms with E-state index < -0.39 is 0 Å². The van der Waals surface area contributed by atoms with Gasteiger partial charge in [0.25, 0.3) is 0 Å². The lowest BCUT2D eigenvalue weighted by Crippen LogP contribution is -2.18. The molecule has 1 atom stereocenters. The molecule has 0 aromatic heterocycles. The Balaban J connectivity index is 1.98. The van der Waals surface area contributed by atoms with Crippen molar-refractivity contribution in [1.29, 1.82) is 0 Å². The third-order valence-electron chi connectivity index (χ3n) is 3.56. The lowest BCUT2D eigenvalue weighted by molar-refractivity contribution is 0.196. The molecule has 0 amide bonds. The maximum Gasteiger partial charge on any atom is 0.161 e. The summed E-state index contributed by atoms with van der Waals surface area (Å²) in [4.78, 5) is 0. The highest BCUT2D eigenvalue weighted by Crippen LogP contribution is 2.28. The van der Waals surface area contributed by atoms with Crippen LogP contribution in [0, 0.1) is 5.82 Å². The van der Waals surface area contributed by atoms with E-state index in [4.69, 9.17) is 14.6 Å². The first kappa shape index (κ1) is 17.2. The molecule has 1 unspecified atom stereocenters. The first-order chi connectivity index (χ1) is 11.1. The summed E-state index contributed by atoms with van der Waals surface area (Å²) in [6.07, 6.45) is 0. The zero-order valence-corrected chi connectivity index (χ0v) is 13.4. The van der Waals surface area contributed by atoms with E-state index in [0.717, 1.165) is 11.1 Å². The van der Waals surface area contributed by atoms with Crippen LogP contribution in [0.1, 0.15) is 24.1 Å². The van der Waals surface area contributed by atoms with Crippen molar-refractivity contribution in [2.24, 2.45) is 0 Å². The van der Waals surface area contributed by atoms with Crippen molar-refractivity contribution in [2.45, 2.75) is 19.5 Å². The van der Waals surface area contributed by atoms with Crippen molar-refractivity contribution in [3.8, 4) is 11.5 Å². The maximum atomic E-state index is 12.9. The Hall–Kier alpha value is -2.11. The highest BCUT2D eigenvalue weighted by molar-refractivity contribution is 5.43. The number of aliphatic hydroxyl groups is 1. The van der Waals surface area contributed by atoms with Crippen LogP contribution < -0.4 is 14.8 Å². The summed E-state index contributed by atoms with van der Waals surface area (Å²) in [6.45, 7) is 2.87. The number of halogens is 1. The summed E-state index contributed by atoms with van der Waals surface area (Å²) in [5, 5.41) is 12.2. The highest BCUT2D eigenvalue weighted by atomic mass is 19.1. The van der Waals surface area contributed by atoms with Gasteiger partial charge in [-0.2, -0.15) is 0 Å². The molecule has 0 radical (unpaired) electrons. The Morgan fingerprint density at radius 3 is 2.52 bits per heavy atom. The maximum absolute atomic E-state index is 12.9. The molecular formula is C18H22FNO3. The van der Waals surface area contributed by atoms with Gasteiger partial charge in [0.15, 0.2) is 11.5 Å². The molecule has 2 N–H and O–H groups in total. The lowest BCUT2D eigenvalue weighted by Gasteiger charge is -2.16. The Labute approximate surface area is 135 Å². The van der Waals surface area contributed by atoms with Gasteiger partial charge in [0.05, 0.1) is 13.7 Å². The highest BCUT2D eigenvalue weighted by Gasteiger charge is 2.08. The third-order valence-corrected chi connectivity index (χ3v) is 3.56. The van der Waals surface area contributed by atoms with E-state index in [1.165, 1.54) is 12.1 Å². The summed E-state index contributed by atoms with van der Waals surface area (Å²) in [5.74, 6) is 1.01. The van der Waals surface area contributed by atoms with Crippen molar-refractivity contribution in [2.75, 3.05) is 20.3 Å². The summed E-state index contributed by atoms with van der Waals surface area (Å²) in [5.41, 5.74) is 2.08. The number of hydrogen-bond donors (Lipinski definition) is 2. The molecule has 124 valence electrons. The predicted octanol–water partition coefficient (Wildman–Crippen LogP) is 3.06. The van der Waals surface area contributed by atoms with Gasteiger partial charge < -0.3 is 19.9 Å². The Morgan fingerprint density at radius 2 is 1.87 bits per heavy atom. The predicted molar refractivity (Wildman–Crippen MR) is 87.2 cm³/mol. The molecular weight excluding hydrogens is 297 g/mol. The summed E-state index contributed by atoms with van der Waals surface area (Å²) >= 11 is 0. The molecule has 23 heavy (non-hydrogen) atoms. The molecule has 2 aromatic carbocycles. The zero-order valence-electron chi connectivity index (χ0n) is 13.4. The molecule has 2 rings (SSSR count). The zero-order chi connectivity index (χ0) is 16.7. The van der Waals surface area contributed by atoms with Crippen LogP contribution >= 0.6 is 0 Å². The normalized spacial score (nSPS) is 12.0. The molecule has 0 spiro atoms. The van der Waals surface area contributed by atoms with Gasteiger partial charge in [-0.05, 0) is 42.3 Å². The number of ether oxygens (including phenoxy) is 2. The van der Waals surface area contributed by atoms with Crippen molar-refractivity contribution < 1.29 is 19.0 Å². The molecule has 0 aliphatic carbocycles. The van der Waals surface area contributed by atoms with E-state index in [0.29, 0.717) is 18.0 Å². The minimum atomic E-state index is -0.232. The fourth-order valence-electron chi connectivity index (χ4n) is 2.24. The van der Waals surface area contributed by atoms with Crippen LogP contribution in [-0.2, 0) is 6.54 Å². The van der Waals surface area contributed by atoms with Gasteiger partial charge in [0.2, 0.25) is 0 Å². The van der Waals surface area contributed by atoms with Crippen molar-refractivity contribution in [3.63, 3.8) is 0 Å². The van der Waals surface area contributed by atoms with Gasteiger partial charge in [-0.15, -0.1) is 0 Å². The number of hydrogen-bond acceptors (Lipinski definition) is 4. The summed E-state index contributed by atoms with van der Waals surface area (Å²) in [7, 11) is 1.58. The molecule has 0 saturated carbocycles. The fraction of sp³-hybridized carbons (Fsp3) is 0.333. The topological polar surface area (TPSA) is 50.7 Å². The van der Waals surface area contributed by atoms with Crippen molar-refractivity contribution >= 4 is 0 Å². The van der Waals surface area contributed by atoms with Gasteiger partial charge in [0.1, 0.15) is 12.4 Å². The second-order valence-electron chi connectivity index (χ2n) is 5.21. The number of methoxy groups -OCH3 is 1. The van der Waals surface area contributed by atoms with Crippen LogP contribution in [0.5, 0.6) is 11.5 Å². The molecule has 2 aromatic rings. The number of benzene rings is 2. The van der Waals surface area contributed by atoms with Crippen molar-refractivity contribution in [3.05, 3.63) is 59.4 Å². The Bertz CT molecular complexity index is 616. The molecule has 0 fully saturated rings. The Kier molecular flexibility index (Phi) is 6.38. The van der Waals surface area contributed by atoms with Crippen LogP contribution in [0.4, 0.5) is 4.39 Å². The average Bonchev–Trinajstić information content (AvgIpc) is 2.58. The molecule has 4 nitrogen and oxygen atoms in total. The second kappa shape index (κ2) is 8.50. The van der Waals surface area contributed by atoms with Crippen molar-refractivity contribution in [1.82, 2.24) is 5.32 Å². The molecule has 0 aliphatic heterocycles. The number of rotatable bonds is 8. The number of nitrogens with one attached hydrogen (secondary N) is 1. The lowest BCUT2D eigenvalue weighted by atomic mass is 10.1. The fourth-order valence-corrected chi connectivity index (χ4v) is 2.24. The van der Waals surface area contributed by atoms with E-state index in [1.54, 1.807) is 19.2 Å². The first-order valence-corrected chi connectivity index (χ1v) is 7.53. The van der Waals surface area contributed by atoms with E-state index >= 15 is 0 Å². The Morgan fingerprint density at radius 1 is 1.13 bits per heavy atom. The monoisotopic (exact) mass is 319 g/mol. The molecule has 0 bridgehead atoms. The minimum absolute atomic E-state index is 0.0400. The van der Waals surface area contributed by atoms with E-state index in [2.05, 4.69) is 5.32 Å². The van der Waals surface area contributed by atoms with Crippen LogP contribution in [0.3, 0.4) is 0 Å². The van der Waals surface area contributed by atoms with Crippen LogP contribution in [0.15, 0.2) is 42.5 Å². The largest absolute Gasteiger partial charge is 0.493 e. The molecule has 5 heteroatoms. The second-order valence-corrected chi connectivity index (χ2v) is 5.21. The van der Waals surface area contributed by atoms with Gasteiger partial charge in [0, 0.05) is 12.6 Å². The first-order valence-electron chi connectivity index (χ1n) is 7.53. The number of aliphatic hydroxyl groups excluding tert-OH is 1. The minimum Gasteiger partial charge on any atom is -0.493 e. The molecule has 0 aliphatic rings. The average molecular weight is 319 g/mol. The van der Waals surface area contributed by atoms with Crippen LogP contribution in [0.25, 0.3) is 0 Å². The van der Waals surface area contributed by atoms with Gasteiger partial charge >= 0.3 is 0 Å². The molecule has 0 heterocycles. The quantitative estimate of drug-likeness (QED) is 0.785.